The number of ether oxygens (including phenoxy) is 6. The van der Waals surface area contributed by atoms with Crippen LogP contribution < -0.4 is 27.0 Å². The summed E-state index contributed by atoms with van der Waals surface area (Å²) in [6.07, 6.45) is -5.04. The zero-order valence-electron chi connectivity index (χ0n) is 50.0. The third kappa shape index (κ3) is 12.4. The van der Waals surface area contributed by atoms with E-state index in [1.807, 2.05) is 0 Å². The van der Waals surface area contributed by atoms with Crippen molar-refractivity contribution in [1.29, 1.82) is 0 Å². The van der Waals surface area contributed by atoms with E-state index in [0.29, 0.717) is 10.3 Å². The number of amides is 5. The molecule has 1 saturated heterocycles. The van der Waals surface area contributed by atoms with Crippen molar-refractivity contribution >= 4 is 115 Å². The number of hydrogen-bond donors (Lipinski definition) is 9. The highest BCUT2D eigenvalue weighted by Crippen LogP contribution is 2.43. The average Bonchev–Trinajstić information content (AvgIpc) is 1.70. The Hall–Kier alpha value is -8.75. The van der Waals surface area contributed by atoms with Gasteiger partial charge in [0, 0.05) is 39.1 Å². The molecule has 0 spiro atoms. The van der Waals surface area contributed by atoms with E-state index in [1.54, 1.807) is 50.4 Å². The molecule has 12 bridgehead atoms. The largest absolute Gasteiger partial charge is 0.506 e. The fraction of sp³-hybridized carbons (Fsp3) is 0.362. The predicted molar refractivity (Wildman–Crippen MR) is 333 cm³/mol. The number of pyridine rings is 1. The standard InChI is InChI=1S/C58H57N13O17S5/c1-21(72)37-50(78)68-38(22(2)83-7)55-65-30(20-91-55)48(76)69-41-43-44(88-35-12-58(4,81)45(70(5)6)23(3)87-35)57(80)85-15-24-9-8-10-31-36(24)26(16-84-43)42(71(31)82)56(79)86-17-27(62-49(77)34-14-61-54(41)93-34)52-63-28(18-90-52)39-25(51-64-29(19-89-51)47(75)67-37)11-32(73)40(66-39)53-60-13-33(92-53)46(59)74/h8-11,13-14,18-21,23,27,35,37,41,43-45,72-73,81-82H,12,15-17H2,1-7H3,(H2,59,74)(H,62,77)(H,67,75)(H,68,78)(H,69,76)/b38-22+/t21-,23+,27+,35+,37+,41+,43?,44+,45-,58+/m1/s1. The van der Waals surface area contributed by atoms with Gasteiger partial charge in [0.25, 0.3) is 23.6 Å². The fourth-order valence-corrected chi connectivity index (χ4v) is 15.7. The molecule has 7 aromatic heterocycles. The smallest absolute Gasteiger partial charge is 0.358 e. The van der Waals surface area contributed by atoms with Gasteiger partial charge in [-0.25, -0.2) is 39.5 Å². The Morgan fingerprint density at radius 2 is 1.61 bits per heavy atom. The highest BCUT2D eigenvalue weighted by Gasteiger charge is 2.50. The number of aromatic hydroxyl groups is 1. The molecule has 1 aromatic carbocycles. The van der Waals surface area contributed by atoms with Crippen molar-refractivity contribution in [2.75, 3.05) is 27.8 Å². The summed E-state index contributed by atoms with van der Waals surface area (Å²) in [5, 5.41) is 62.5. The van der Waals surface area contributed by atoms with Gasteiger partial charge in [-0.15, -0.1) is 56.7 Å². The quantitative estimate of drug-likeness (QED) is 0.0611. The first-order valence-electron chi connectivity index (χ1n) is 28.4. The van der Waals surface area contributed by atoms with Crippen LogP contribution in [0.15, 0.2) is 58.6 Å². The van der Waals surface area contributed by atoms with Crippen LogP contribution in [0.3, 0.4) is 0 Å². The van der Waals surface area contributed by atoms with Crippen LogP contribution in [0.2, 0.25) is 0 Å². The second-order valence-electron chi connectivity index (χ2n) is 22.4. The Labute approximate surface area is 546 Å². The number of fused-ring (bicyclic) bond motifs is 15. The molecule has 1 fully saturated rings. The molecule has 5 amide bonds. The lowest BCUT2D eigenvalue weighted by atomic mass is 9.85. The first-order valence-corrected chi connectivity index (χ1v) is 32.6. The number of nitrogens with zero attached hydrogens (tertiary/aromatic N) is 8. The van der Waals surface area contributed by atoms with Gasteiger partial charge >= 0.3 is 11.9 Å². The van der Waals surface area contributed by atoms with Crippen molar-refractivity contribution in [1.82, 2.24) is 60.8 Å². The van der Waals surface area contributed by atoms with Crippen molar-refractivity contribution in [3.05, 3.63) is 112 Å². The summed E-state index contributed by atoms with van der Waals surface area (Å²) in [5.74, 6) is -6.95. The number of cyclic esters (lactones) is 2. The number of thiazole rings is 5. The van der Waals surface area contributed by atoms with Gasteiger partial charge in [0.1, 0.15) is 118 Å². The highest BCUT2D eigenvalue weighted by molar-refractivity contribution is 7.17. The lowest BCUT2D eigenvalue weighted by Crippen LogP contribution is -2.62. The second-order valence-corrected chi connectivity index (χ2v) is 27.1. The zero-order valence-corrected chi connectivity index (χ0v) is 54.1. The molecule has 0 aliphatic carbocycles. The molecule has 10 atom stereocenters. The van der Waals surface area contributed by atoms with E-state index in [4.69, 9.17) is 44.1 Å². The van der Waals surface area contributed by atoms with E-state index in [-0.39, 0.29) is 103 Å². The maximum Gasteiger partial charge on any atom is 0.358 e. The van der Waals surface area contributed by atoms with E-state index in [2.05, 4.69) is 41.2 Å². The topological polar surface area (TPSA) is 415 Å². The lowest BCUT2D eigenvalue weighted by Gasteiger charge is -2.48. The minimum atomic E-state index is -1.90. The number of aromatic nitrogens is 7. The number of methoxy groups -OCH3 is 1. The second kappa shape index (κ2) is 25.6. The number of rotatable bonds is 7. The van der Waals surface area contributed by atoms with Gasteiger partial charge in [-0.05, 0) is 59.5 Å². The number of aliphatic hydroxyl groups is 2. The molecule has 8 aromatic rings. The third-order valence-corrected chi connectivity index (χ3v) is 20.6. The normalized spacial score (nSPS) is 24.8. The molecule has 0 radical (unpaired) electrons. The summed E-state index contributed by atoms with van der Waals surface area (Å²) >= 11 is 4.41. The Kier molecular flexibility index (Phi) is 17.7. The van der Waals surface area contributed by atoms with E-state index in [9.17, 15) is 44.5 Å². The molecule has 12 rings (SSSR count). The number of nitrogens with one attached hydrogen (secondary N) is 4. The SMILES string of the molecule is CO/C(C)=C1/NC(=O)[C@H]([C@@H](C)O)NC(=O)c2csc(n2)-c2cc(O)c(-c3ncc(C(N)=O)s3)nc2-c2csc(n2)[C@@H]2COC(=O)c3c4c5c(cccc5n3O)COC(=O)[C@@H](O[C@H]3C[C@](C)(O)[C@H](N(C)C)[C@H](C)O3)C(OC4)[C@H](NC(=O)c3csc1n3)c1ncc(s1)C(=O)N2. The third-order valence-electron chi connectivity index (χ3n) is 15.8. The number of benzene rings is 1. The number of primary amides is 1. The highest BCUT2D eigenvalue weighted by atomic mass is 32.1. The molecule has 0 saturated carbocycles. The summed E-state index contributed by atoms with van der Waals surface area (Å²) in [6, 6.07) is 0.810. The average molecular weight is 1370 g/mol. The van der Waals surface area contributed by atoms with Crippen LogP contribution in [0.1, 0.15) is 123 Å². The summed E-state index contributed by atoms with van der Waals surface area (Å²) in [7, 11) is 4.86. The van der Waals surface area contributed by atoms with Crippen LogP contribution in [0, 0.1) is 0 Å². The molecule has 4 aliphatic rings. The van der Waals surface area contributed by atoms with E-state index < -0.39 is 133 Å². The van der Waals surface area contributed by atoms with Gasteiger partial charge in [0.15, 0.2) is 18.1 Å². The van der Waals surface area contributed by atoms with Crippen LogP contribution in [-0.4, -0.2) is 178 Å². The minimum absolute atomic E-state index is 0.00497. The van der Waals surface area contributed by atoms with Gasteiger partial charge in [-0.1, -0.05) is 12.1 Å². The molecule has 10 N–H and O–H groups in total. The molecular formula is C58H57N13O17S5. The van der Waals surface area contributed by atoms with E-state index >= 15 is 9.59 Å². The summed E-state index contributed by atoms with van der Waals surface area (Å²) < 4.78 is 38.2. The number of carbonyl (C=O) groups is 7. The molecule has 1 unspecified atom stereocenters. The van der Waals surface area contributed by atoms with Crippen LogP contribution in [0.25, 0.3) is 49.3 Å². The summed E-state index contributed by atoms with van der Waals surface area (Å²) in [5.41, 5.74) is 3.55. The number of likely N-dealkylation sites (N-methyl/N-ethyl adjacent to an activating group) is 1. The Bertz CT molecular complexity index is 4360. The zero-order chi connectivity index (χ0) is 66.1. The summed E-state index contributed by atoms with van der Waals surface area (Å²) in [6.45, 7) is 4.34. The van der Waals surface area contributed by atoms with Crippen LogP contribution >= 0.6 is 56.7 Å². The maximum atomic E-state index is 15.1. The lowest BCUT2D eigenvalue weighted by molar-refractivity contribution is -0.280. The van der Waals surface area contributed by atoms with Crippen molar-refractivity contribution in [3.63, 3.8) is 0 Å². The Balaban J connectivity index is 1.05. The van der Waals surface area contributed by atoms with E-state index in [1.165, 1.54) is 56.2 Å². The van der Waals surface area contributed by atoms with Gasteiger partial charge in [0.05, 0.1) is 55.5 Å². The number of aliphatic hydroxyl groups excluding tert-OH is 1. The Morgan fingerprint density at radius 1 is 0.882 bits per heavy atom. The van der Waals surface area contributed by atoms with Crippen molar-refractivity contribution in [3.8, 4) is 38.4 Å². The first kappa shape index (κ1) is 64.4. The minimum Gasteiger partial charge on any atom is -0.506 e. The number of carbonyl (C=O) groups excluding carboxylic acids is 7. The summed E-state index contributed by atoms with van der Waals surface area (Å²) in [4.78, 5) is 130. The van der Waals surface area contributed by atoms with Gasteiger partial charge < -0.3 is 80.8 Å². The van der Waals surface area contributed by atoms with Gasteiger partial charge in [0.2, 0.25) is 5.91 Å². The first-order chi connectivity index (χ1) is 44.4. The van der Waals surface area contributed by atoms with Gasteiger partial charge in [-0.3, -0.25) is 24.0 Å². The maximum absolute atomic E-state index is 15.1. The molecular weight excluding hydrogens is 1310 g/mol. The molecule has 486 valence electrons. The molecule has 11 heterocycles. The number of esters is 2. The van der Waals surface area contributed by atoms with Crippen LogP contribution in [0.4, 0.5) is 0 Å². The van der Waals surface area contributed by atoms with Gasteiger partial charge in [-0.2, -0.15) is 4.73 Å². The monoisotopic (exact) mass is 1370 g/mol. The number of allylic oxidation sites excluding steroid dienone is 1. The molecule has 30 nitrogen and oxygen atoms in total. The van der Waals surface area contributed by atoms with E-state index in [0.717, 1.165) is 56.7 Å². The van der Waals surface area contributed by atoms with Crippen molar-refractivity contribution in [2.24, 2.45) is 5.73 Å². The predicted octanol–water partition coefficient (Wildman–Crippen LogP) is 4.26. The molecule has 35 heteroatoms. The van der Waals surface area contributed by atoms with Crippen LogP contribution in [0.5, 0.6) is 5.75 Å². The fourth-order valence-electron chi connectivity index (χ4n) is 11.5. The number of hydrogen-bond acceptors (Lipinski definition) is 29. The number of nitrogens with two attached hydrogens (primary N) is 1. The molecule has 93 heavy (non-hydrogen) atoms. The van der Waals surface area contributed by atoms with Crippen LogP contribution in [-0.2, 0) is 51.2 Å². The van der Waals surface area contributed by atoms with Crippen molar-refractivity contribution in [2.45, 2.75) is 108 Å². The Morgan fingerprint density at radius 3 is 2.32 bits per heavy atom. The molecule has 4 aliphatic heterocycles. The van der Waals surface area contributed by atoms with Crippen molar-refractivity contribution < 1.29 is 82.5 Å².